The average Bonchev–Trinajstić information content (AvgIpc) is 2.18. The molecule has 0 spiro atoms. The van der Waals surface area contributed by atoms with Crippen LogP contribution in [0.2, 0.25) is 0 Å². The van der Waals surface area contributed by atoms with E-state index >= 15 is 0 Å². The first-order valence-corrected chi connectivity index (χ1v) is 5.78. The third-order valence-corrected chi connectivity index (χ3v) is 2.62. The maximum atomic E-state index is 11.7. The molecule has 1 aliphatic heterocycles. The molecular formula is C11H22N2O2. The summed E-state index contributed by atoms with van der Waals surface area (Å²) >= 11 is 0. The molecule has 1 heterocycles. The van der Waals surface area contributed by atoms with Gasteiger partial charge in [-0.05, 0) is 19.9 Å². The van der Waals surface area contributed by atoms with Crippen molar-refractivity contribution in [3.05, 3.63) is 0 Å². The molecule has 0 aromatic rings. The van der Waals surface area contributed by atoms with E-state index in [4.69, 9.17) is 4.74 Å². The van der Waals surface area contributed by atoms with Gasteiger partial charge in [0.15, 0.2) is 0 Å². The molecule has 88 valence electrons. The predicted octanol–water partition coefficient (Wildman–Crippen LogP) is 0.526. The molecule has 4 heteroatoms. The molecule has 2 unspecified atom stereocenters. The molecule has 0 radical (unpaired) electrons. The van der Waals surface area contributed by atoms with Crippen molar-refractivity contribution in [2.24, 2.45) is 5.92 Å². The Bertz CT molecular complexity index is 207. The highest BCUT2D eigenvalue weighted by Crippen LogP contribution is 2.15. The van der Waals surface area contributed by atoms with Gasteiger partial charge in [0.05, 0.1) is 12.5 Å². The molecule has 15 heavy (non-hydrogen) atoms. The summed E-state index contributed by atoms with van der Waals surface area (Å²) in [6.45, 7) is 8.26. The Kier molecular flexibility index (Phi) is 5.05. The lowest BCUT2D eigenvalue weighted by Gasteiger charge is -2.32. The van der Waals surface area contributed by atoms with Crippen molar-refractivity contribution >= 4 is 5.97 Å². The lowest BCUT2D eigenvalue weighted by Crippen LogP contribution is -2.53. The zero-order valence-electron chi connectivity index (χ0n) is 9.88. The molecule has 0 saturated carbocycles. The van der Waals surface area contributed by atoms with Crippen molar-refractivity contribution in [2.45, 2.75) is 39.3 Å². The van der Waals surface area contributed by atoms with Crippen LogP contribution in [0.15, 0.2) is 0 Å². The number of hydrogen-bond donors (Lipinski definition) is 2. The van der Waals surface area contributed by atoms with E-state index in [9.17, 15) is 4.79 Å². The minimum Gasteiger partial charge on any atom is -0.466 e. The van der Waals surface area contributed by atoms with Gasteiger partial charge in [0.2, 0.25) is 0 Å². The average molecular weight is 214 g/mol. The van der Waals surface area contributed by atoms with E-state index in [1.54, 1.807) is 0 Å². The Labute approximate surface area is 91.8 Å². The fourth-order valence-corrected chi connectivity index (χ4v) is 1.99. The van der Waals surface area contributed by atoms with Gasteiger partial charge < -0.3 is 15.4 Å². The number of esters is 1. The smallest absolute Gasteiger partial charge is 0.310 e. The van der Waals surface area contributed by atoms with Crippen molar-refractivity contribution in [3.63, 3.8) is 0 Å². The maximum absolute atomic E-state index is 11.7. The van der Waals surface area contributed by atoms with Crippen LogP contribution in [0.3, 0.4) is 0 Å². The second-order valence-electron chi connectivity index (χ2n) is 4.28. The quantitative estimate of drug-likeness (QED) is 0.670. The second kappa shape index (κ2) is 6.08. The topological polar surface area (TPSA) is 50.4 Å². The predicted molar refractivity (Wildman–Crippen MR) is 59.7 cm³/mol. The normalized spacial score (nSPS) is 26.7. The Morgan fingerprint density at radius 3 is 2.93 bits per heavy atom. The van der Waals surface area contributed by atoms with Gasteiger partial charge >= 0.3 is 5.97 Å². The van der Waals surface area contributed by atoms with Gasteiger partial charge in [-0.15, -0.1) is 0 Å². The molecule has 1 saturated heterocycles. The Balaban J connectivity index is 2.52. The van der Waals surface area contributed by atoms with Crippen LogP contribution in [0.1, 0.15) is 27.2 Å². The zero-order chi connectivity index (χ0) is 11.3. The first-order chi connectivity index (χ1) is 7.15. The Morgan fingerprint density at radius 2 is 2.33 bits per heavy atom. The van der Waals surface area contributed by atoms with Gasteiger partial charge in [-0.1, -0.05) is 13.8 Å². The minimum absolute atomic E-state index is 0.00796. The summed E-state index contributed by atoms with van der Waals surface area (Å²) in [5.74, 6) is -0.0502. The van der Waals surface area contributed by atoms with E-state index in [1.165, 1.54) is 0 Å². The number of carbonyl (C=O) groups is 1. The fraction of sp³-hybridized carbons (Fsp3) is 0.909. The fourth-order valence-electron chi connectivity index (χ4n) is 1.99. The number of ether oxygens (including phenoxy) is 1. The van der Waals surface area contributed by atoms with Crippen molar-refractivity contribution in [1.82, 2.24) is 10.6 Å². The van der Waals surface area contributed by atoms with Crippen molar-refractivity contribution in [2.75, 3.05) is 19.7 Å². The first-order valence-electron chi connectivity index (χ1n) is 5.78. The van der Waals surface area contributed by atoms with Gasteiger partial charge in [-0.3, -0.25) is 4.79 Å². The molecule has 4 nitrogen and oxygen atoms in total. The van der Waals surface area contributed by atoms with Gasteiger partial charge in [-0.2, -0.15) is 0 Å². The molecule has 0 bridgehead atoms. The highest BCUT2D eigenvalue weighted by atomic mass is 16.5. The number of rotatable bonds is 4. The van der Waals surface area contributed by atoms with Gasteiger partial charge in [-0.25, -0.2) is 0 Å². The van der Waals surface area contributed by atoms with Crippen LogP contribution in [0, 0.1) is 5.92 Å². The molecule has 1 rings (SSSR count). The summed E-state index contributed by atoms with van der Waals surface area (Å²) in [5, 5.41) is 6.70. The lowest BCUT2D eigenvalue weighted by atomic mass is 9.92. The highest BCUT2D eigenvalue weighted by Gasteiger charge is 2.31. The highest BCUT2D eigenvalue weighted by molar-refractivity contribution is 5.73. The third-order valence-electron chi connectivity index (χ3n) is 2.62. The van der Waals surface area contributed by atoms with Crippen LogP contribution < -0.4 is 10.6 Å². The number of nitrogens with one attached hydrogen (secondary N) is 2. The molecule has 2 atom stereocenters. The number of hydrogen-bond acceptors (Lipinski definition) is 4. The Morgan fingerprint density at radius 1 is 1.60 bits per heavy atom. The van der Waals surface area contributed by atoms with Crippen LogP contribution in [0.4, 0.5) is 0 Å². The summed E-state index contributed by atoms with van der Waals surface area (Å²) in [6, 6.07) is 0.602. The SMILES string of the molecule is CCOC(=O)C1CCNCC1NC(C)C. The Hall–Kier alpha value is -0.610. The van der Waals surface area contributed by atoms with E-state index in [1.807, 2.05) is 6.92 Å². The van der Waals surface area contributed by atoms with Crippen molar-refractivity contribution in [1.29, 1.82) is 0 Å². The number of piperidine rings is 1. The third kappa shape index (κ3) is 3.80. The summed E-state index contributed by atoms with van der Waals surface area (Å²) < 4.78 is 5.09. The largest absolute Gasteiger partial charge is 0.466 e. The van der Waals surface area contributed by atoms with Crippen LogP contribution >= 0.6 is 0 Å². The van der Waals surface area contributed by atoms with Gasteiger partial charge in [0, 0.05) is 18.6 Å². The molecule has 1 fully saturated rings. The van der Waals surface area contributed by atoms with Crippen molar-refractivity contribution < 1.29 is 9.53 Å². The minimum atomic E-state index is -0.0582. The van der Waals surface area contributed by atoms with E-state index in [2.05, 4.69) is 24.5 Å². The monoisotopic (exact) mass is 214 g/mol. The first kappa shape index (κ1) is 12.5. The van der Waals surface area contributed by atoms with E-state index < -0.39 is 0 Å². The molecule has 0 aromatic carbocycles. The standard InChI is InChI=1S/C11H22N2O2/c1-4-15-11(14)9-5-6-12-7-10(9)13-8(2)3/h8-10,12-13H,4-7H2,1-3H3. The lowest BCUT2D eigenvalue weighted by molar-refractivity contribution is -0.149. The number of carbonyl (C=O) groups excluding carboxylic acids is 1. The summed E-state index contributed by atoms with van der Waals surface area (Å²) in [6.07, 6.45) is 0.864. The van der Waals surface area contributed by atoms with Gasteiger partial charge in [0.25, 0.3) is 0 Å². The molecule has 2 N–H and O–H groups in total. The molecular weight excluding hydrogens is 192 g/mol. The zero-order valence-corrected chi connectivity index (χ0v) is 9.88. The van der Waals surface area contributed by atoms with Crippen LogP contribution in [-0.2, 0) is 9.53 Å². The van der Waals surface area contributed by atoms with E-state index in [-0.39, 0.29) is 17.9 Å². The van der Waals surface area contributed by atoms with Crippen LogP contribution in [0.25, 0.3) is 0 Å². The van der Waals surface area contributed by atoms with Gasteiger partial charge in [0.1, 0.15) is 0 Å². The molecule has 0 aromatic heterocycles. The van der Waals surface area contributed by atoms with Crippen molar-refractivity contribution in [3.8, 4) is 0 Å². The van der Waals surface area contributed by atoms with Crippen LogP contribution in [0.5, 0.6) is 0 Å². The maximum Gasteiger partial charge on any atom is 0.310 e. The summed E-state index contributed by atoms with van der Waals surface area (Å²) in [7, 11) is 0. The molecule has 1 aliphatic rings. The summed E-state index contributed by atoms with van der Waals surface area (Å²) in [5.41, 5.74) is 0. The molecule has 0 aliphatic carbocycles. The van der Waals surface area contributed by atoms with Crippen LogP contribution in [-0.4, -0.2) is 37.7 Å². The van der Waals surface area contributed by atoms with E-state index in [0.717, 1.165) is 19.5 Å². The second-order valence-corrected chi connectivity index (χ2v) is 4.28. The summed E-state index contributed by atoms with van der Waals surface area (Å²) in [4.78, 5) is 11.7. The van der Waals surface area contributed by atoms with E-state index in [0.29, 0.717) is 12.6 Å². The molecule has 0 amide bonds.